The Morgan fingerprint density at radius 1 is 1.45 bits per heavy atom. The Kier molecular flexibility index (Phi) is 5.81. The lowest BCUT2D eigenvalue weighted by molar-refractivity contribution is -0.384. The topological polar surface area (TPSA) is 122 Å². The molecule has 1 atom stereocenters. The highest BCUT2D eigenvalue weighted by atomic mass is 16.6. The van der Waals surface area contributed by atoms with E-state index in [4.69, 9.17) is 9.84 Å². The minimum Gasteiger partial charge on any atom is -0.494 e. The number of nitro benzene ring substituents is 1. The zero-order valence-electron chi connectivity index (χ0n) is 12.4. The number of benzene rings is 1. The van der Waals surface area contributed by atoms with Gasteiger partial charge in [0.05, 0.1) is 30.2 Å². The Hall–Kier alpha value is -2.68. The van der Waals surface area contributed by atoms with Crippen molar-refractivity contribution in [1.29, 1.82) is 0 Å². The number of ether oxygens (including phenoxy) is 1. The molecule has 0 saturated carbocycles. The van der Waals surface area contributed by atoms with Gasteiger partial charge in [0.1, 0.15) is 11.8 Å². The van der Waals surface area contributed by atoms with Crippen molar-refractivity contribution < 1.29 is 24.4 Å². The van der Waals surface area contributed by atoms with Crippen molar-refractivity contribution in [3.63, 3.8) is 0 Å². The van der Waals surface area contributed by atoms with Gasteiger partial charge in [0, 0.05) is 6.07 Å². The van der Waals surface area contributed by atoms with Crippen LogP contribution in [0.3, 0.4) is 0 Å². The zero-order valence-corrected chi connectivity index (χ0v) is 12.4. The minimum atomic E-state index is -1.11. The molecular formula is C13H17N3O6. The third-order valence-corrected chi connectivity index (χ3v) is 2.96. The van der Waals surface area contributed by atoms with Crippen molar-refractivity contribution in [3.05, 3.63) is 28.3 Å². The van der Waals surface area contributed by atoms with Crippen LogP contribution in [-0.2, 0) is 9.59 Å². The van der Waals surface area contributed by atoms with E-state index in [1.54, 1.807) is 14.1 Å². The second kappa shape index (κ2) is 7.36. The summed E-state index contributed by atoms with van der Waals surface area (Å²) in [4.78, 5) is 34.5. The van der Waals surface area contributed by atoms with E-state index in [0.717, 1.165) is 0 Å². The van der Waals surface area contributed by atoms with Gasteiger partial charge < -0.3 is 15.2 Å². The van der Waals surface area contributed by atoms with E-state index in [1.165, 1.54) is 30.2 Å². The first-order valence-corrected chi connectivity index (χ1v) is 6.27. The van der Waals surface area contributed by atoms with Crippen LogP contribution in [0, 0.1) is 10.1 Å². The van der Waals surface area contributed by atoms with Gasteiger partial charge >= 0.3 is 5.97 Å². The van der Waals surface area contributed by atoms with Crippen molar-refractivity contribution in [2.24, 2.45) is 0 Å². The van der Waals surface area contributed by atoms with Crippen LogP contribution in [0.2, 0.25) is 0 Å². The Morgan fingerprint density at radius 2 is 2.09 bits per heavy atom. The SMILES string of the molecule is COc1cc([N+](=O)[O-])ccc1NC(=O)CC(C(=O)O)N(C)C. The minimum absolute atomic E-state index is 0.124. The molecule has 0 fully saturated rings. The highest BCUT2D eigenvalue weighted by Crippen LogP contribution is 2.29. The van der Waals surface area contributed by atoms with Gasteiger partial charge in [0.25, 0.3) is 5.69 Å². The molecule has 0 aromatic heterocycles. The Bertz CT molecular complexity index is 587. The number of nitro groups is 1. The molecule has 1 aromatic carbocycles. The summed E-state index contributed by atoms with van der Waals surface area (Å²) >= 11 is 0. The van der Waals surface area contributed by atoms with E-state index in [1.807, 2.05) is 0 Å². The molecular weight excluding hydrogens is 294 g/mol. The van der Waals surface area contributed by atoms with E-state index in [0.29, 0.717) is 0 Å². The summed E-state index contributed by atoms with van der Waals surface area (Å²) in [6, 6.07) is 2.76. The summed E-state index contributed by atoms with van der Waals surface area (Å²) in [5, 5.41) is 22.2. The number of likely N-dealkylation sites (N-methyl/N-ethyl adjacent to an activating group) is 1. The van der Waals surface area contributed by atoms with Crippen molar-refractivity contribution >= 4 is 23.3 Å². The molecule has 1 rings (SSSR count). The highest BCUT2D eigenvalue weighted by Gasteiger charge is 2.24. The number of hydrogen-bond acceptors (Lipinski definition) is 6. The molecule has 1 unspecified atom stereocenters. The van der Waals surface area contributed by atoms with E-state index < -0.39 is 22.8 Å². The molecule has 0 aliphatic carbocycles. The fraction of sp³-hybridized carbons (Fsp3) is 0.385. The number of amides is 1. The molecule has 120 valence electrons. The maximum Gasteiger partial charge on any atom is 0.321 e. The van der Waals surface area contributed by atoms with Crippen molar-refractivity contribution in [3.8, 4) is 5.75 Å². The number of nitrogens with one attached hydrogen (secondary N) is 1. The number of anilines is 1. The van der Waals surface area contributed by atoms with Crippen LogP contribution >= 0.6 is 0 Å². The number of carbonyl (C=O) groups is 2. The normalized spacial score (nSPS) is 11.8. The van der Waals surface area contributed by atoms with Crippen LogP contribution in [0.4, 0.5) is 11.4 Å². The number of rotatable bonds is 7. The van der Waals surface area contributed by atoms with E-state index in [9.17, 15) is 19.7 Å². The Balaban J connectivity index is 2.88. The lowest BCUT2D eigenvalue weighted by atomic mass is 10.1. The smallest absolute Gasteiger partial charge is 0.321 e. The predicted molar refractivity (Wildman–Crippen MR) is 78.0 cm³/mol. The van der Waals surface area contributed by atoms with E-state index in [-0.39, 0.29) is 23.5 Å². The molecule has 0 saturated heterocycles. The summed E-state index contributed by atoms with van der Waals surface area (Å²) in [6.07, 6.45) is -0.261. The van der Waals surface area contributed by atoms with Crippen LogP contribution in [-0.4, -0.2) is 54.1 Å². The first-order chi connectivity index (χ1) is 10.3. The molecule has 9 nitrogen and oxygen atoms in total. The predicted octanol–water partition coefficient (Wildman–Crippen LogP) is 0.947. The number of carboxylic acids is 1. The van der Waals surface area contributed by atoms with Gasteiger partial charge in [0.15, 0.2) is 0 Å². The summed E-state index contributed by atoms with van der Waals surface area (Å²) in [7, 11) is 4.42. The van der Waals surface area contributed by atoms with E-state index >= 15 is 0 Å². The third kappa shape index (κ3) is 4.42. The maximum absolute atomic E-state index is 11.9. The van der Waals surface area contributed by atoms with Gasteiger partial charge in [-0.1, -0.05) is 0 Å². The molecule has 0 spiro atoms. The molecule has 1 aromatic rings. The van der Waals surface area contributed by atoms with E-state index in [2.05, 4.69) is 5.32 Å². The molecule has 22 heavy (non-hydrogen) atoms. The van der Waals surface area contributed by atoms with Crippen LogP contribution < -0.4 is 10.1 Å². The fourth-order valence-electron chi connectivity index (χ4n) is 1.76. The molecule has 9 heteroatoms. The third-order valence-electron chi connectivity index (χ3n) is 2.96. The first-order valence-electron chi connectivity index (χ1n) is 6.27. The average Bonchev–Trinajstić information content (AvgIpc) is 2.44. The van der Waals surface area contributed by atoms with Gasteiger partial charge in [-0.2, -0.15) is 0 Å². The molecule has 0 radical (unpaired) electrons. The first kappa shape index (κ1) is 17.4. The highest BCUT2D eigenvalue weighted by molar-refractivity contribution is 5.95. The molecule has 0 aliphatic rings. The van der Waals surface area contributed by atoms with Crippen molar-refractivity contribution in [1.82, 2.24) is 4.90 Å². The van der Waals surface area contributed by atoms with Gasteiger partial charge in [-0.15, -0.1) is 0 Å². The maximum atomic E-state index is 11.9. The molecule has 0 aliphatic heterocycles. The van der Waals surface area contributed by atoms with Gasteiger partial charge in [-0.05, 0) is 20.2 Å². The van der Waals surface area contributed by atoms with Gasteiger partial charge in [-0.3, -0.25) is 24.6 Å². The summed E-state index contributed by atoms with van der Waals surface area (Å²) < 4.78 is 4.99. The summed E-state index contributed by atoms with van der Waals surface area (Å²) in [5.41, 5.74) is 0.0625. The number of carbonyl (C=O) groups excluding carboxylic acids is 1. The van der Waals surface area contributed by atoms with Gasteiger partial charge in [-0.25, -0.2) is 0 Å². The van der Waals surface area contributed by atoms with Crippen LogP contribution in [0.5, 0.6) is 5.75 Å². The Morgan fingerprint density at radius 3 is 2.55 bits per heavy atom. The van der Waals surface area contributed by atoms with Gasteiger partial charge in [0.2, 0.25) is 5.91 Å². The fourth-order valence-corrected chi connectivity index (χ4v) is 1.76. The lowest BCUT2D eigenvalue weighted by Gasteiger charge is -2.19. The van der Waals surface area contributed by atoms with Crippen LogP contribution in [0.15, 0.2) is 18.2 Å². The summed E-state index contributed by atoms with van der Waals surface area (Å²) in [5.74, 6) is -1.52. The number of non-ortho nitro benzene ring substituents is 1. The molecule has 1 amide bonds. The number of nitrogens with zero attached hydrogens (tertiary/aromatic N) is 2. The number of aliphatic carboxylic acids is 1. The lowest BCUT2D eigenvalue weighted by Crippen LogP contribution is -2.38. The summed E-state index contributed by atoms with van der Waals surface area (Å²) in [6.45, 7) is 0. The standard InChI is InChI=1S/C13H17N3O6/c1-15(2)10(13(18)19)7-12(17)14-9-5-4-8(16(20)21)6-11(9)22-3/h4-6,10H,7H2,1-3H3,(H,14,17)(H,18,19). The zero-order chi connectivity index (χ0) is 16.9. The Labute approximate surface area is 126 Å². The van der Waals surface area contributed by atoms with Crippen molar-refractivity contribution in [2.45, 2.75) is 12.5 Å². The largest absolute Gasteiger partial charge is 0.494 e. The number of hydrogen-bond donors (Lipinski definition) is 2. The molecule has 2 N–H and O–H groups in total. The average molecular weight is 311 g/mol. The second-order valence-corrected chi connectivity index (χ2v) is 4.71. The van der Waals surface area contributed by atoms with Crippen molar-refractivity contribution in [2.75, 3.05) is 26.5 Å². The van der Waals surface area contributed by atoms with Crippen LogP contribution in [0.1, 0.15) is 6.42 Å². The van der Waals surface area contributed by atoms with Crippen LogP contribution in [0.25, 0.3) is 0 Å². The monoisotopic (exact) mass is 311 g/mol. The number of methoxy groups -OCH3 is 1. The second-order valence-electron chi connectivity index (χ2n) is 4.71. The molecule has 0 bridgehead atoms. The number of carboxylic acid groups (broad SMARTS) is 1. The quantitative estimate of drug-likeness (QED) is 0.567. The molecule has 0 heterocycles.